The Kier molecular flexibility index (Phi) is 3.24. The molecule has 0 saturated carbocycles. The molecule has 1 aromatic carbocycles. The molecule has 2 aromatic rings. The Morgan fingerprint density at radius 2 is 1.94 bits per heavy atom. The molecule has 0 bridgehead atoms. The van der Waals surface area contributed by atoms with Crippen molar-refractivity contribution in [2.24, 2.45) is 0 Å². The molecule has 88 valence electrons. The van der Waals surface area contributed by atoms with Crippen LogP contribution in [-0.4, -0.2) is 9.97 Å². The molecule has 0 aliphatic rings. The Morgan fingerprint density at radius 1 is 1.18 bits per heavy atom. The van der Waals surface area contributed by atoms with Crippen LogP contribution in [0.4, 0.5) is 15.9 Å². The van der Waals surface area contributed by atoms with Crippen LogP contribution in [0.3, 0.4) is 0 Å². The van der Waals surface area contributed by atoms with Crippen LogP contribution in [0.5, 0.6) is 0 Å². The molecule has 1 heterocycles. The van der Waals surface area contributed by atoms with Gasteiger partial charge in [0.1, 0.15) is 11.6 Å². The van der Waals surface area contributed by atoms with Crippen molar-refractivity contribution in [3.05, 3.63) is 46.6 Å². The third kappa shape index (κ3) is 2.91. The van der Waals surface area contributed by atoms with Crippen LogP contribution >= 0.6 is 11.6 Å². The zero-order valence-electron chi connectivity index (χ0n) is 9.46. The lowest BCUT2D eigenvalue weighted by Crippen LogP contribution is -1.98. The summed E-state index contributed by atoms with van der Waals surface area (Å²) in [5.74, 6) is 0.155. The number of hydrogen-bond acceptors (Lipinski definition) is 3. The van der Waals surface area contributed by atoms with E-state index in [9.17, 15) is 4.39 Å². The first-order valence-electron chi connectivity index (χ1n) is 5.09. The molecular weight excluding hydrogens is 241 g/mol. The predicted octanol–water partition coefficient (Wildman–Crippen LogP) is 3.63. The highest BCUT2D eigenvalue weighted by atomic mass is 35.5. The molecule has 0 amide bonds. The summed E-state index contributed by atoms with van der Waals surface area (Å²) in [6.45, 7) is 3.63. The number of hydrogen-bond donors (Lipinski definition) is 1. The largest absolute Gasteiger partial charge is 0.338 e. The lowest BCUT2D eigenvalue weighted by atomic mass is 10.2. The Labute approximate surface area is 104 Å². The van der Waals surface area contributed by atoms with Crippen LogP contribution in [0.2, 0.25) is 5.28 Å². The van der Waals surface area contributed by atoms with Crippen LogP contribution in [0.1, 0.15) is 11.3 Å². The van der Waals surface area contributed by atoms with Gasteiger partial charge in [-0.15, -0.1) is 0 Å². The molecular formula is C12H11ClFN3. The SMILES string of the molecule is Cc1ccc(Nc2cc(C)nc(Cl)n2)c(F)c1. The lowest BCUT2D eigenvalue weighted by Gasteiger charge is -2.08. The Hall–Kier alpha value is -1.68. The van der Waals surface area contributed by atoms with Gasteiger partial charge in [0.05, 0.1) is 5.69 Å². The van der Waals surface area contributed by atoms with Gasteiger partial charge in [0, 0.05) is 11.8 Å². The summed E-state index contributed by atoms with van der Waals surface area (Å²) < 4.78 is 13.6. The first kappa shape index (κ1) is 11.8. The standard InChI is InChI=1S/C12H11ClFN3/c1-7-3-4-10(9(14)5-7)16-11-6-8(2)15-12(13)17-11/h3-6H,1-2H3,(H,15,16,17). The number of nitrogens with one attached hydrogen (secondary N) is 1. The summed E-state index contributed by atoms with van der Waals surface area (Å²) >= 11 is 5.73. The normalized spacial score (nSPS) is 10.4. The molecule has 1 N–H and O–H groups in total. The minimum absolute atomic E-state index is 0.139. The molecule has 1 aromatic heterocycles. The van der Waals surface area contributed by atoms with Gasteiger partial charge in [-0.05, 0) is 43.1 Å². The highest BCUT2D eigenvalue weighted by Crippen LogP contribution is 2.20. The van der Waals surface area contributed by atoms with Crippen molar-refractivity contribution < 1.29 is 4.39 Å². The predicted molar refractivity (Wildman–Crippen MR) is 66.2 cm³/mol. The second-order valence-electron chi connectivity index (χ2n) is 3.77. The van der Waals surface area contributed by atoms with E-state index >= 15 is 0 Å². The molecule has 3 nitrogen and oxygen atoms in total. The van der Waals surface area contributed by atoms with Crippen LogP contribution in [0.25, 0.3) is 0 Å². The molecule has 0 aliphatic carbocycles. The van der Waals surface area contributed by atoms with Gasteiger partial charge in [-0.3, -0.25) is 0 Å². The third-order valence-corrected chi connectivity index (χ3v) is 2.38. The van der Waals surface area contributed by atoms with E-state index in [0.717, 1.165) is 11.3 Å². The topological polar surface area (TPSA) is 37.8 Å². The lowest BCUT2D eigenvalue weighted by molar-refractivity contribution is 0.630. The van der Waals surface area contributed by atoms with Gasteiger partial charge in [-0.25, -0.2) is 14.4 Å². The number of aromatic nitrogens is 2. The summed E-state index contributed by atoms with van der Waals surface area (Å²) in [6, 6.07) is 6.64. The summed E-state index contributed by atoms with van der Waals surface area (Å²) in [7, 11) is 0. The van der Waals surface area contributed by atoms with Crippen molar-refractivity contribution in [2.45, 2.75) is 13.8 Å². The zero-order valence-corrected chi connectivity index (χ0v) is 10.2. The molecule has 0 radical (unpaired) electrons. The van der Waals surface area contributed by atoms with Gasteiger partial charge >= 0.3 is 0 Å². The van der Waals surface area contributed by atoms with Gasteiger partial charge in [0.15, 0.2) is 0 Å². The van der Waals surface area contributed by atoms with E-state index in [-0.39, 0.29) is 11.1 Å². The van der Waals surface area contributed by atoms with E-state index in [0.29, 0.717) is 11.5 Å². The van der Waals surface area contributed by atoms with Crippen molar-refractivity contribution in [3.8, 4) is 0 Å². The number of rotatable bonds is 2. The molecule has 0 spiro atoms. The maximum Gasteiger partial charge on any atom is 0.224 e. The van der Waals surface area contributed by atoms with Crippen molar-refractivity contribution in [1.82, 2.24) is 9.97 Å². The quantitative estimate of drug-likeness (QED) is 0.829. The van der Waals surface area contributed by atoms with E-state index in [1.54, 1.807) is 19.1 Å². The second-order valence-corrected chi connectivity index (χ2v) is 4.11. The highest BCUT2D eigenvalue weighted by Gasteiger charge is 2.05. The fraction of sp³-hybridized carbons (Fsp3) is 0.167. The monoisotopic (exact) mass is 251 g/mol. The maximum atomic E-state index is 13.6. The summed E-state index contributed by atoms with van der Waals surface area (Å²) in [5, 5.41) is 3.01. The number of nitrogens with zero attached hydrogens (tertiary/aromatic N) is 2. The molecule has 0 fully saturated rings. The molecule has 0 saturated heterocycles. The first-order chi connectivity index (χ1) is 8.04. The summed E-state index contributed by atoms with van der Waals surface area (Å²) in [5.41, 5.74) is 1.95. The summed E-state index contributed by atoms with van der Waals surface area (Å²) in [6.07, 6.45) is 0. The Balaban J connectivity index is 2.31. The molecule has 0 atom stereocenters. The van der Waals surface area contributed by atoms with E-state index in [1.807, 2.05) is 13.0 Å². The smallest absolute Gasteiger partial charge is 0.224 e. The van der Waals surface area contributed by atoms with Crippen molar-refractivity contribution in [2.75, 3.05) is 5.32 Å². The van der Waals surface area contributed by atoms with Crippen molar-refractivity contribution >= 4 is 23.1 Å². The number of halogens is 2. The minimum Gasteiger partial charge on any atom is -0.338 e. The molecule has 17 heavy (non-hydrogen) atoms. The maximum absolute atomic E-state index is 13.6. The van der Waals surface area contributed by atoms with Crippen LogP contribution in [0, 0.1) is 19.7 Å². The van der Waals surface area contributed by atoms with Crippen molar-refractivity contribution in [1.29, 1.82) is 0 Å². The third-order valence-electron chi connectivity index (χ3n) is 2.21. The van der Waals surface area contributed by atoms with E-state index in [4.69, 9.17) is 11.6 Å². The van der Waals surface area contributed by atoms with E-state index in [2.05, 4.69) is 15.3 Å². The fourth-order valence-electron chi connectivity index (χ4n) is 1.46. The molecule has 0 aliphatic heterocycles. The highest BCUT2D eigenvalue weighted by molar-refractivity contribution is 6.28. The van der Waals surface area contributed by atoms with Crippen LogP contribution in [-0.2, 0) is 0 Å². The first-order valence-corrected chi connectivity index (χ1v) is 5.47. The average molecular weight is 252 g/mol. The van der Waals surface area contributed by atoms with E-state index < -0.39 is 0 Å². The minimum atomic E-state index is -0.322. The Bertz CT molecular complexity index is 537. The van der Waals surface area contributed by atoms with Crippen LogP contribution in [0.15, 0.2) is 24.3 Å². The average Bonchev–Trinajstić information content (AvgIpc) is 2.21. The number of anilines is 2. The van der Waals surface area contributed by atoms with Gasteiger partial charge in [-0.2, -0.15) is 0 Å². The Morgan fingerprint density at radius 3 is 2.59 bits per heavy atom. The van der Waals surface area contributed by atoms with Gasteiger partial charge in [0.25, 0.3) is 0 Å². The molecule has 0 unspecified atom stereocenters. The number of benzene rings is 1. The van der Waals surface area contributed by atoms with Crippen LogP contribution < -0.4 is 5.32 Å². The van der Waals surface area contributed by atoms with Gasteiger partial charge < -0.3 is 5.32 Å². The van der Waals surface area contributed by atoms with Gasteiger partial charge in [-0.1, -0.05) is 6.07 Å². The van der Waals surface area contributed by atoms with Gasteiger partial charge in [0.2, 0.25) is 5.28 Å². The van der Waals surface area contributed by atoms with E-state index in [1.165, 1.54) is 6.07 Å². The summed E-state index contributed by atoms with van der Waals surface area (Å²) in [4.78, 5) is 7.90. The second kappa shape index (κ2) is 4.67. The fourth-order valence-corrected chi connectivity index (χ4v) is 1.68. The number of aryl methyl sites for hydroxylation is 2. The van der Waals surface area contributed by atoms with Crippen molar-refractivity contribution in [3.63, 3.8) is 0 Å². The molecule has 5 heteroatoms. The molecule has 2 rings (SSSR count). The zero-order chi connectivity index (χ0) is 12.4.